The van der Waals surface area contributed by atoms with E-state index in [1.807, 2.05) is 0 Å². The van der Waals surface area contributed by atoms with Crippen LogP contribution >= 0.6 is 0 Å². The van der Waals surface area contributed by atoms with Gasteiger partial charge in [0.15, 0.2) is 0 Å². The predicted molar refractivity (Wildman–Crippen MR) is 91.5 cm³/mol. The van der Waals surface area contributed by atoms with E-state index >= 15 is 0 Å². The van der Waals surface area contributed by atoms with Gasteiger partial charge in [-0.15, -0.1) is 0 Å². The molecule has 0 bridgehead atoms. The minimum Gasteiger partial charge on any atom is -0.276 e. The minimum absolute atomic E-state index is 0.0376. The SMILES string of the molecule is Cc1nn(C)cc1S(=O)(=O)Nc1cnn(Cc2cccc(C(F)(F)F)c2)c1. The first-order chi connectivity index (χ1) is 12.5. The highest BCUT2D eigenvalue weighted by molar-refractivity contribution is 7.92. The number of alkyl halides is 3. The number of nitrogens with one attached hydrogen (secondary N) is 1. The van der Waals surface area contributed by atoms with E-state index in [-0.39, 0.29) is 17.1 Å². The second-order valence-electron chi connectivity index (χ2n) is 5.98. The lowest BCUT2D eigenvalue weighted by atomic mass is 10.1. The van der Waals surface area contributed by atoms with Crippen molar-refractivity contribution < 1.29 is 21.6 Å². The van der Waals surface area contributed by atoms with Gasteiger partial charge in [0.1, 0.15) is 4.90 Å². The monoisotopic (exact) mass is 399 g/mol. The van der Waals surface area contributed by atoms with Crippen LogP contribution in [0.3, 0.4) is 0 Å². The summed E-state index contributed by atoms with van der Waals surface area (Å²) >= 11 is 0. The quantitative estimate of drug-likeness (QED) is 0.715. The van der Waals surface area contributed by atoms with Gasteiger partial charge in [0.25, 0.3) is 10.0 Å². The van der Waals surface area contributed by atoms with Crippen molar-refractivity contribution in [2.45, 2.75) is 24.5 Å². The number of anilines is 1. The molecular formula is C16H16F3N5O2S. The summed E-state index contributed by atoms with van der Waals surface area (Å²) in [6.07, 6.45) is -0.354. The minimum atomic E-state index is -4.43. The Morgan fingerprint density at radius 1 is 1.22 bits per heavy atom. The van der Waals surface area contributed by atoms with E-state index in [1.54, 1.807) is 20.0 Å². The predicted octanol–water partition coefficient (Wildman–Crippen LogP) is 2.79. The molecule has 0 radical (unpaired) electrons. The Morgan fingerprint density at radius 2 is 1.96 bits per heavy atom. The Morgan fingerprint density at radius 3 is 2.59 bits per heavy atom. The summed E-state index contributed by atoms with van der Waals surface area (Å²) in [6.45, 7) is 1.64. The first-order valence-corrected chi connectivity index (χ1v) is 9.24. The highest BCUT2D eigenvalue weighted by Gasteiger charge is 2.30. The standard InChI is InChI=1S/C16H16F3N5O2S/c1-11-15(10-23(2)21-11)27(25,26)22-14-7-20-24(9-14)8-12-4-3-5-13(6-12)16(17,18)19/h3-7,9-10,22H,8H2,1-2H3. The fourth-order valence-electron chi connectivity index (χ4n) is 2.59. The number of hydrogen-bond acceptors (Lipinski definition) is 4. The van der Waals surface area contributed by atoms with Gasteiger partial charge in [-0.1, -0.05) is 12.1 Å². The Hall–Kier alpha value is -2.82. The molecule has 144 valence electrons. The van der Waals surface area contributed by atoms with E-state index in [2.05, 4.69) is 14.9 Å². The van der Waals surface area contributed by atoms with Gasteiger partial charge in [0.2, 0.25) is 0 Å². The van der Waals surface area contributed by atoms with Crippen LogP contribution in [0.5, 0.6) is 0 Å². The molecule has 2 heterocycles. The number of hydrogen-bond donors (Lipinski definition) is 1. The summed E-state index contributed by atoms with van der Waals surface area (Å²) in [6, 6.07) is 4.88. The number of halogens is 3. The molecule has 27 heavy (non-hydrogen) atoms. The van der Waals surface area contributed by atoms with Crippen LogP contribution in [0.4, 0.5) is 18.9 Å². The topological polar surface area (TPSA) is 81.8 Å². The van der Waals surface area contributed by atoms with E-state index in [4.69, 9.17) is 0 Å². The molecule has 0 aliphatic carbocycles. The van der Waals surface area contributed by atoms with Crippen LogP contribution in [0.2, 0.25) is 0 Å². The summed E-state index contributed by atoms with van der Waals surface area (Å²) in [5.41, 5.74) is 0.192. The maximum absolute atomic E-state index is 12.8. The fourth-order valence-corrected chi connectivity index (χ4v) is 3.83. The molecule has 0 aliphatic rings. The first-order valence-electron chi connectivity index (χ1n) is 7.76. The van der Waals surface area contributed by atoms with Gasteiger partial charge in [0.05, 0.1) is 29.7 Å². The Balaban J connectivity index is 1.77. The van der Waals surface area contributed by atoms with Gasteiger partial charge in [-0.05, 0) is 24.6 Å². The van der Waals surface area contributed by atoms with Gasteiger partial charge in [0, 0.05) is 19.4 Å². The average Bonchev–Trinajstić information content (AvgIpc) is 3.12. The summed E-state index contributed by atoms with van der Waals surface area (Å²) in [5, 5.41) is 7.99. The van der Waals surface area contributed by atoms with E-state index in [9.17, 15) is 21.6 Å². The summed E-state index contributed by atoms with van der Waals surface area (Å²) < 4.78 is 68.3. The maximum atomic E-state index is 12.8. The Kier molecular flexibility index (Phi) is 4.72. The van der Waals surface area contributed by atoms with Gasteiger partial charge in [-0.25, -0.2) is 8.42 Å². The molecule has 11 heteroatoms. The first kappa shape index (κ1) is 19.0. The zero-order valence-electron chi connectivity index (χ0n) is 14.4. The highest BCUT2D eigenvalue weighted by atomic mass is 32.2. The average molecular weight is 399 g/mol. The van der Waals surface area contributed by atoms with Crippen molar-refractivity contribution in [2.24, 2.45) is 7.05 Å². The molecular weight excluding hydrogens is 383 g/mol. The molecule has 7 nitrogen and oxygen atoms in total. The molecule has 2 aromatic heterocycles. The molecule has 0 aliphatic heterocycles. The summed E-state index contributed by atoms with van der Waals surface area (Å²) in [7, 11) is -2.23. The summed E-state index contributed by atoms with van der Waals surface area (Å²) in [4.78, 5) is 0.0376. The van der Waals surface area contributed by atoms with Crippen LogP contribution in [0, 0.1) is 6.92 Å². The van der Waals surface area contributed by atoms with Crippen LogP contribution in [0.15, 0.2) is 47.8 Å². The van der Waals surface area contributed by atoms with E-state index < -0.39 is 21.8 Å². The zero-order valence-corrected chi connectivity index (χ0v) is 15.2. The molecule has 1 aromatic carbocycles. The second kappa shape index (κ2) is 6.72. The molecule has 0 saturated carbocycles. The van der Waals surface area contributed by atoms with Gasteiger partial charge in [-0.2, -0.15) is 23.4 Å². The number of nitrogens with zero attached hydrogens (tertiary/aromatic N) is 4. The van der Waals surface area contributed by atoms with Crippen LogP contribution in [0.25, 0.3) is 0 Å². The number of benzene rings is 1. The second-order valence-corrected chi connectivity index (χ2v) is 7.63. The van der Waals surface area contributed by atoms with Crippen LogP contribution in [-0.4, -0.2) is 28.0 Å². The lowest BCUT2D eigenvalue weighted by Crippen LogP contribution is -2.13. The van der Waals surface area contributed by atoms with Crippen molar-refractivity contribution in [2.75, 3.05) is 4.72 Å². The number of rotatable bonds is 5. The van der Waals surface area contributed by atoms with Gasteiger partial charge < -0.3 is 0 Å². The van der Waals surface area contributed by atoms with Gasteiger partial charge >= 0.3 is 6.18 Å². The van der Waals surface area contributed by atoms with Crippen LogP contribution < -0.4 is 4.72 Å². The van der Waals surface area contributed by atoms with E-state index in [0.29, 0.717) is 11.3 Å². The van der Waals surface area contributed by atoms with E-state index in [1.165, 1.54) is 34.0 Å². The van der Waals surface area contributed by atoms with Crippen molar-refractivity contribution in [3.63, 3.8) is 0 Å². The molecule has 3 aromatic rings. The van der Waals surface area contributed by atoms with E-state index in [0.717, 1.165) is 12.1 Å². The molecule has 0 fully saturated rings. The van der Waals surface area contributed by atoms with Crippen molar-refractivity contribution >= 4 is 15.7 Å². The molecule has 0 spiro atoms. The normalized spacial score (nSPS) is 12.3. The third kappa shape index (κ3) is 4.30. The fraction of sp³-hybridized carbons (Fsp3) is 0.250. The molecule has 0 saturated heterocycles. The maximum Gasteiger partial charge on any atom is 0.416 e. The highest BCUT2D eigenvalue weighted by Crippen LogP contribution is 2.29. The van der Waals surface area contributed by atoms with Crippen molar-refractivity contribution in [3.05, 3.63) is 59.7 Å². The number of sulfonamides is 1. The van der Waals surface area contributed by atoms with Crippen molar-refractivity contribution in [1.82, 2.24) is 19.6 Å². The lowest BCUT2D eigenvalue weighted by molar-refractivity contribution is -0.137. The van der Waals surface area contributed by atoms with Crippen LogP contribution in [-0.2, 0) is 29.8 Å². The third-order valence-corrected chi connectivity index (χ3v) is 5.23. The summed E-state index contributed by atoms with van der Waals surface area (Å²) in [5.74, 6) is 0. The van der Waals surface area contributed by atoms with Gasteiger partial charge in [-0.3, -0.25) is 14.1 Å². The molecule has 0 atom stereocenters. The Bertz CT molecular complexity index is 1070. The molecule has 3 rings (SSSR count). The molecule has 0 unspecified atom stereocenters. The number of aryl methyl sites for hydroxylation is 2. The largest absolute Gasteiger partial charge is 0.416 e. The number of aromatic nitrogens is 4. The van der Waals surface area contributed by atoms with Crippen molar-refractivity contribution in [3.8, 4) is 0 Å². The Labute approximate surface area is 153 Å². The lowest BCUT2D eigenvalue weighted by Gasteiger charge is -2.08. The van der Waals surface area contributed by atoms with Crippen LogP contribution in [0.1, 0.15) is 16.8 Å². The third-order valence-electron chi connectivity index (χ3n) is 3.74. The molecule has 0 amide bonds. The zero-order chi connectivity index (χ0) is 19.8. The smallest absolute Gasteiger partial charge is 0.276 e. The molecule has 1 N–H and O–H groups in total. The van der Waals surface area contributed by atoms with Crippen molar-refractivity contribution in [1.29, 1.82) is 0 Å².